The Morgan fingerprint density at radius 2 is 1.55 bits per heavy atom. The molecule has 2 rings (SSSR count). The van der Waals surface area contributed by atoms with Gasteiger partial charge in [-0.1, -0.05) is 60.7 Å². The number of benzene rings is 2. The van der Waals surface area contributed by atoms with E-state index in [9.17, 15) is 5.11 Å². The Kier molecular flexibility index (Phi) is 5.74. The zero-order chi connectivity index (χ0) is 14.2. The topological polar surface area (TPSA) is 49.5 Å². The maximum atomic E-state index is 9.32. The lowest BCUT2D eigenvalue weighted by atomic mass is 10.0. The summed E-state index contributed by atoms with van der Waals surface area (Å²) in [5, 5.41) is 9.32. The van der Waals surface area contributed by atoms with E-state index in [-0.39, 0.29) is 12.6 Å². The third kappa shape index (κ3) is 3.90. The zero-order valence-electron chi connectivity index (χ0n) is 11.7. The largest absolute Gasteiger partial charge is 0.395 e. The molecule has 106 valence electrons. The molecule has 0 aliphatic carbocycles. The van der Waals surface area contributed by atoms with E-state index in [4.69, 9.17) is 5.73 Å². The molecule has 3 heteroatoms. The van der Waals surface area contributed by atoms with Crippen molar-refractivity contribution in [2.75, 3.05) is 19.7 Å². The van der Waals surface area contributed by atoms with Gasteiger partial charge in [0.2, 0.25) is 0 Å². The summed E-state index contributed by atoms with van der Waals surface area (Å²) in [7, 11) is 0. The van der Waals surface area contributed by atoms with Gasteiger partial charge in [0.05, 0.1) is 6.61 Å². The van der Waals surface area contributed by atoms with E-state index in [1.165, 1.54) is 11.1 Å². The van der Waals surface area contributed by atoms with Crippen LogP contribution in [0.3, 0.4) is 0 Å². The minimum atomic E-state index is 0.128. The lowest BCUT2D eigenvalue weighted by molar-refractivity contribution is 0.146. The average Bonchev–Trinajstić information content (AvgIpc) is 2.50. The Morgan fingerprint density at radius 1 is 0.950 bits per heavy atom. The number of nitrogens with zero attached hydrogens (tertiary/aromatic N) is 1. The number of aliphatic hydroxyl groups excluding tert-OH is 1. The van der Waals surface area contributed by atoms with Crippen LogP contribution in [0, 0.1) is 0 Å². The lowest BCUT2D eigenvalue weighted by Gasteiger charge is -2.30. The fourth-order valence-corrected chi connectivity index (χ4v) is 2.46. The van der Waals surface area contributed by atoms with Crippen molar-refractivity contribution in [2.24, 2.45) is 5.73 Å². The van der Waals surface area contributed by atoms with E-state index in [0.717, 1.165) is 6.54 Å². The predicted molar refractivity (Wildman–Crippen MR) is 82.2 cm³/mol. The van der Waals surface area contributed by atoms with Gasteiger partial charge in [-0.25, -0.2) is 0 Å². The van der Waals surface area contributed by atoms with Crippen molar-refractivity contribution in [2.45, 2.75) is 12.6 Å². The highest BCUT2D eigenvalue weighted by Gasteiger charge is 2.18. The molecule has 2 aromatic carbocycles. The molecule has 0 aromatic heterocycles. The summed E-state index contributed by atoms with van der Waals surface area (Å²) in [6.45, 7) is 2.08. The Bertz CT molecular complexity index is 487. The van der Waals surface area contributed by atoms with Gasteiger partial charge in [-0.05, 0) is 11.1 Å². The van der Waals surface area contributed by atoms with Crippen molar-refractivity contribution in [3.8, 4) is 0 Å². The molecule has 0 heterocycles. The van der Waals surface area contributed by atoms with E-state index in [0.29, 0.717) is 13.1 Å². The number of hydrogen-bond acceptors (Lipinski definition) is 3. The second-order valence-corrected chi connectivity index (χ2v) is 4.84. The van der Waals surface area contributed by atoms with Crippen LogP contribution in [0.5, 0.6) is 0 Å². The minimum absolute atomic E-state index is 0.128. The van der Waals surface area contributed by atoms with Crippen LogP contribution in [0.15, 0.2) is 60.7 Å². The number of hydrogen-bond donors (Lipinski definition) is 2. The summed E-state index contributed by atoms with van der Waals surface area (Å²) in [6.07, 6.45) is 0. The summed E-state index contributed by atoms with van der Waals surface area (Å²) in [4.78, 5) is 2.23. The Balaban J connectivity index is 2.17. The molecule has 1 unspecified atom stereocenters. The second kappa shape index (κ2) is 7.80. The number of rotatable bonds is 7. The fourth-order valence-electron chi connectivity index (χ4n) is 2.46. The molecule has 2 aromatic rings. The van der Waals surface area contributed by atoms with Crippen LogP contribution in [0.4, 0.5) is 0 Å². The molecular weight excluding hydrogens is 248 g/mol. The molecule has 0 radical (unpaired) electrons. The number of aliphatic hydroxyl groups is 1. The third-order valence-electron chi connectivity index (χ3n) is 3.46. The van der Waals surface area contributed by atoms with Gasteiger partial charge in [0.15, 0.2) is 0 Å². The normalized spacial score (nSPS) is 12.6. The van der Waals surface area contributed by atoms with E-state index >= 15 is 0 Å². The highest BCUT2D eigenvalue weighted by atomic mass is 16.3. The van der Waals surface area contributed by atoms with Crippen molar-refractivity contribution >= 4 is 0 Å². The van der Waals surface area contributed by atoms with Crippen molar-refractivity contribution < 1.29 is 5.11 Å². The van der Waals surface area contributed by atoms with Gasteiger partial charge in [0, 0.05) is 25.7 Å². The van der Waals surface area contributed by atoms with E-state index in [1.807, 2.05) is 36.4 Å². The van der Waals surface area contributed by atoms with Crippen LogP contribution < -0.4 is 5.73 Å². The SMILES string of the molecule is NCC(c1ccccc1)N(CCO)Cc1ccccc1. The van der Waals surface area contributed by atoms with Crippen LogP contribution in [0.1, 0.15) is 17.2 Å². The zero-order valence-corrected chi connectivity index (χ0v) is 11.7. The average molecular weight is 270 g/mol. The standard InChI is InChI=1S/C17H22N2O/c18-13-17(16-9-5-2-6-10-16)19(11-12-20)14-15-7-3-1-4-8-15/h1-10,17,20H,11-14,18H2. The molecule has 0 fully saturated rings. The van der Waals surface area contributed by atoms with E-state index in [2.05, 4.69) is 29.2 Å². The van der Waals surface area contributed by atoms with Crippen LogP contribution >= 0.6 is 0 Å². The molecule has 1 atom stereocenters. The van der Waals surface area contributed by atoms with Crippen molar-refractivity contribution in [3.63, 3.8) is 0 Å². The molecule has 20 heavy (non-hydrogen) atoms. The first-order chi connectivity index (χ1) is 9.85. The van der Waals surface area contributed by atoms with Gasteiger partial charge in [0.1, 0.15) is 0 Å². The maximum Gasteiger partial charge on any atom is 0.0558 e. The van der Waals surface area contributed by atoms with Crippen LogP contribution in [-0.2, 0) is 6.54 Å². The molecule has 0 amide bonds. The summed E-state index contributed by atoms with van der Waals surface area (Å²) in [6, 6.07) is 20.6. The fraction of sp³-hybridized carbons (Fsp3) is 0.294. The van der Waals surface area contributed by atoms with Gasteiger partial charge in [-0.3, -0.25) is 4.90 Å². The molecule has 0 bridgehead atoms. The van der Waals surface area contributed by atoms with Crippen LogP contribution in [0.2, 0.25) is 0 Å². The first kappa shape index (κ1) is 14.7. The van der Waals surface area contributed by atoms with Gasteiger partial charge >= 0.3 is 0 Å². The molecule has 0 spiro atoms. The van der Waals surface area contributed by atoms with E-state index < -0.39 is 0 Å². The molecule has 3 N–H and O–H groups in total. The summed E-state index contributed by atoms with van der Waals surface area (Å²) < 4.78 is 0. The predicted octanol–water partition coefficient (Wildman–Crippen LogP) is 2.18. The second-order valence-electron chi connectivity index (χ2n) is 4.84. The third-order valence-corrected chi connectivity index (χ3v) is 3.46. The smallest absolute Gasteiger partial charge is 0.0558 e. The minimum Gasteiger partial charge on any atom is -0.395 e. The van der Waals surface area contributed by atoms with Crippen molar-refractivity contribution in [1.82, 2.24) is 4.90 Å². The molecule has 0 aliphatic rings. The summed E-state index contributed by atoms with van der Waals surface area (Å²) in [5.74, 6) is 0. The first-order valence-corrected chi connectivity index (χ1v) is 6.99. The van der Waals surface area contributed by atoms with Crippen molar-refractivity contribution in [3.05, 3.63) is 71.8 Å². The van der Waals surface area contributed by atoms with Gasteiger partial charge < -0.3 is 10.8 Å². The van der Waals surface area contributed by atoms with Crippen LogP contribution in [-0.4, -0.2) is 29.7 Å². The van der Waals surface area contributed by atoms with Gasteiger partial charge in [-0.15, -0.1) is 0 Å². The summed E-state index contributed by atoms with van der Waals surface area (Å²) in [5.41, 5.74) is 8.39. The maximum absolute atomic E-state index is 9.32. The summed E-state index contributed by atoms with van der Waals surface area (Å²) >= 11 is 0. The molecule has 0 aliphatic heterocycles. The van der Waals surface area contributed by atoms with Gasteiger partial charge in [0.25, 0.3) is 0 Å². The van der Waals surface area contributed by atoms with Crippen molar-refractivity contribution in [1.29, 1.82) is 0 Å². The van der Waals surface area contributed by atoms with Gasteiger partial charge in [-0.2, -0.15) is 0 Å². The van der Waals surface area contributed by atoms with Crippen LogP contribution in [0.25, 0.3) is 0 Å². The van der Waals surface area contributed by atoms with E-state index in [1.54, 1.807) is 0 Å². The Morgan fingerprint density at radius 3 is 2.10 bits per heavy atom. The number of nitrogens with two attached hydrogens (primary N) is 1. The highest BCUT2D eigenvalue weighted by molar-refractivity contribution is 5.21. The quantitative estimate of drug-likeness (QED) is 0.811. The molecule has 0 saturated carbocycles. The highest BCUT2D eigenvalue weighted by Crippen LogP contribution is 2.21. The monoisotopic (exact) mass is 270 g/mol. The Labute approximate surface area is 120 Å². The Hall–Kier alpha value is -1.68. The molecule has 0 saturated heterocycles. The molecule has 3 nitrogen and oxygen atoms in total. The molecular formula is C17H22N2O. The first-order valence-electron chi connectivity index (χ1n) is 6.99. The lowest BCUT2D eigenvalue weighted by Crippen LogP contribution is -2.35.